The maximum atomic E-state index is 12.1. The van der Waals surface area contributed by atoms with Crippen LogP contribution in [0.25, 0.3) is 0 Å². The lowest BCUT2D eigenvalue weighted by Gasteiger charge is -2.16. The van der Waals surface area contributed by atoms with Gasteiger partial charge in [-0.3, -0.25) is 9.78 Å². The van der Waals surface area contributed by atoms with E-state index in [4.69, 9.17) is 5.73 Å². The van der Waals surface area contributed by atoms with Gasteiger partial charge in [0.1, 0.15) is 0 Å². The smallest absolute Gasteiger partial charge is 0.254 e. The molecule has 80 valence electrons. The van der Waals surface area contributed by atoms with Crippen LogP contribution in [0.1, 0.15) is 28.8 Å². The van der Waals surface area contributed by atoms with E-state index in [2.05, 4.69) is 4.98 Å². The summed E-state index contributed by atoms with van der Waals surface area (Å²) in [5.41, 5.74) is 7.11. The summed E-state index contributed by atoms with van der Waals surface area (Å²) in [5.74, 6) is 0.0929. The molecule has 0 saturated carbocycles. The Morgan fingerprint density at radius 2 is 2.20 bits per heavy atom. The Kier molecular flexibility index (Phi) is 2.97. The monoisotopic (exact) mass is 205 g/mol. The van der Waals surface area contributed by atoms with Crippen molar-refractivity contribution in [2.24, 2.45) is 5.73 Å². The number of rotatable bonds is 2. The highest BCUT2D eigenvalue weighted by Crippen LogP contribution is 2.14. The van der Waals surface area contributed by atoms with E-state index in [-0.39, 0.29) is 5.91 Å². The van der Waals surface area contributed by atoms with Gasteiger partial charge in [0.15, 0.2) is 0 Å². The third kappa shape index (κ3) is 1.99. The molecule has 1 aliphatic rings. The summed E-state index contributed by atoms with van der Waals surface area (Å²) in [4.78, 5) is 17.9. The van der Waals surface area contributed by atoms with E-state index in [1.165, 1.54) is 0 Å². The van der Waals surface area contributed by atoms with Crippen LogP contribution in [0.2, 0.25) is 0 Å². The van der Waals surface area contributed by atoms with Crippen LogP contribution in [0.4, 0.5) is 0 Å². The number of hydrogen-bond donors (Lipinski definition) is 1. The van der Waals surface area contributed by atoms with Crippen LogP contribution in [0.3, 0.4) is 0 Å². The van der Waals surface area contributed by atoms with Gasteiger partial charge in [-0.25, -0.2) is 0 Å². The van der Waals surface area contributed by atoms with Crippen molar-refractivity contribution in [2.75, 3.05) is 13.1 Å². The van der Waals surface area contributed by atoms with Crippen molar-refractivity contribution in [2.45, 2.75) is 19.4 Å². The number of hydrogen-bond acceptors (Lipinski definition) is 3. The molecule has 0 unspecified atom stereocenters. The highest BCUT2D eigenvalue weighted by atomic mass is 16.2. The lowest BCUT2D eigenvalue weighted by Crippen LogP contribution is -2.28. The molecule has 1 saturated heterocycles. The number of aromatic nitrogens is 1. The summed E-state index contributed by atoms with van der Waals surface area (Å²) in [6.07, 6.45) is 5.52. The second kappa shape index (κ2) is 4.40. The van der Waals surface area contributed by atoms with Gasteiger partial charge >= 0.3 is 0 Å². The van der Waals surface area contributed by atoms with Crippen LogP contribution in [0.5, 0.6) is 0 Å². The number of pyridine rings is 1. The molecule has 1 aromatic rings. The van der Waals surface area contributed by atoms with Crippen molar-refractivity contribution in [3.05, 3.63) is 29.6 Å². The van der Waals surface area contributed by atoms with Gasteiger partial charge in [-0.15, -0.1) is 0 Å². The minimum absolute atomic E-state index is 0.0929. The van der Waals surface area contributed by atoms with Crippen LogP contribution in [-0.2, 0) is 6.54 Å². The van der Waals surface area contributed by atoms with E-state index >= 15 is 0 Å². The van der Waals surface area contributed by atoms with Gasteiger partial charge in [0.2, 0.25) is 0 Å². The maximum Gasteiger partial charge on any atom is 0.254 e. The van der Waals surface area contributed by atoms with Gasteiger partial charge in [0.25, 0.3) is 5.91 Å². The molecule has 4 heteroatoms. The van der Waals surface area contributed by atoms with E-state index in [1.54, 1.807) is 18.5 Å². The third-order valence-electron chi connectivity index (χ3n) is 2.75. The lowest BCUT2D eigenvalue weighted by molar-refractivity contribution is 0.0791. The molecule has 4 nitrogen and oxygen atoms in total. The first-order chi connectivity index (χ1) is 7.33. The van der Waals surface area contributed by atoms with Gasteiger partial charge in [-0.1, -0.05) is 0 Å². The van der Waals surface area contributed by atoms with Crippen LogP contribution in [0, 0.1) is 0 Å². The van der Waals surface area contributed by atoms with Crippen molar-refractivity contribution >= 4 is 5.91 Å². The highest BCUT2D eigenvalue weighted by molar-refractivity contribution is 5.95. The predicted octanol–water partition coefficient (Wildman–Crippen LogP) is 0.776. The first-order valence-corrected chi connectivity index (χ1v) is 5.25. The fraction of sp³-hybridized carbons (Fsp3) is 0.455. The molecule has 0 atom stereocenters. The standard InChI is InChI=1S/C11H15N3O/c12-7-9-8-13-4-3-10(9)11(15)14-5-1-2-6-14/h3-4,8H,1-2,5-7,12H2. The summed E-state index contributed by atoms with van der Waals surface area (Å²) < 4.78 is 0. The molecular weight excluding hydrogens is 190 g/mol. The Hall–Kier alpha value is -1.42. The SMILES string of the molecule is NCc1cnccc1C(=O)N1CCCC1. The Morgan fingerprint density at radius 3 is 2.87 bits per heavy atom. The normalized spacial score (nSPS) is 15.7. The van der Waals surface area contributed by atoms with Crippen LogP contribution in [-0.4, -0.2) is 28.9 Å². The first-order valence-electron chi connectivity index (χ1n) is 5.25. The highest BCUT2D eigenvalue weighted by Gasteiger charge is 2.21. The Morgan fingerprint density at radius 1 is 1.47 bits per heavy atom. The molecule has 0 aliphatic carbocycles. The Balaban J connectivity index is 2.24. The molecule has 0 aromatic carbocycles. The summed E-state index contributed by atoms with van der Waals surface area (Å²) >= 11 is 0. The molecular formula is C11H15N3O. The number of likely N-dealkylation sites (tertiary alicyclic amines) is 1. The van der Waals surface area contributed by atoms with Crippen molar-refractivity contribution in [1.29, 1.82) is 0 Å². The summed E-state index contributed by atoms with van der Waals surface area (Å²) in [6, 6.07) is 1.75. The molecule has 1 fully saturated rings. The fourth-order valence-corrected chi connectivity index (χ4v) is 1.89. The fourth-order valence-electron chi connectivity index (χ4n) is 1.89. The second-order valence-corrected chi connectivity index (χ2v) is 3.74. The number of carbonyl (C=O) groups is 1. The summed E-state index contributed by atoms with van der Waals surface area (Å²) in [7, 11) is 0. The maximum absolute atomic E-state index is 12.1. The molecule has 2 rings (SSSR count). The van der Waals surface area contributed by atoms with Crippen molar-refractivity contribution in [3.8, 4) is 0 Å². The van der Waals surface area contributed by atoms with Gasteiger partial charge in [-0.2, -0.15) is 0 Å². The second-order valence-electron chi connectivity index (χ2n) is 3.74. The van der Waals surface area contributed by atoms with E-state index in [0.29, 0.717) is 12.1 Å². The Bertz CT molecular complexity index is 359. The van der Waals surface area contributed by atoms with Crippen molar-refractivity contribution in [1.82, 2.24) is 9.88 Å². The van der Waals surface area contributed by atoms with Gasteiger partial charge < -0.3 is 10.6 Å². The average molecular weight is 205 g/mol. The zero-order valence-corrected chi connectivity index (χ0v) is 8.65. The number of amides is 1. The van der Waals surface area contributed by atoms with E-state index in [1.807, 2.05) is 4.90 Å². The van der Waals surface area contributed by atoms with E-state index in [0.717, 1.165) is 31.5 Å². The van der Waals surface area contributed by atoms with Gasteiger partial charge in [-0.05, 0) is 24.5 Å². The minimum Gasteiger partial charge on any atom is -0.339 e. The van der Waals surface area contributed by atoms with E-state index < -0.39 is 0 Å². The number of carbonyl (C=O) groups excluding carboxylic acids is 1. The molecule has 1 amide bonds. The summed E-state index contributed by atoms with van der Waals surface area (Å²) in [6.45, 7) is 2.10. The summed E-state index contributed by atoms with van der Waals surface area (Å²) in [5, 5.41) is 0. The van der Waals surface area contributed by atoms with Crippen LogP contribution >= 0.6 is 0 Å². The predicted molar refractivity (Wildman–Crippen MR) is 57.3 cm³/mol. The molecule has 2 heterocycles. The van der Waals surface area contributed by atoms with Gasteiger partial charge in [0, 0.05) is 37.6 Å². The number of nitrogens with two attached hydrogens (primary N) is 1. The van der Waals surface area contributed by atoms with E-state index in [9.17, 15) is 4.79 Å². The topological polar surface area (TPSA) is 59.2 Å². The molecule has 2 N–H and O–H groups in total. The molecule has 0 spiro atoms. The molecule has 1 aliphatic heterocycles. The largest absolute Gasteiger partial charge is 0.339 e. The Labute approximate surface area is 89.1 Å². The zero-order chi connectivity index (χ0) is 10.7. The van der Waals surface area contributed by atoms with Crippen LogP contribution in [0.15, 0.2) is 18.5 Å². The molecule has 0 radical (unpaired) electrons. The minimum atomic E-state index is 0.0929. The third-order valence-corrected chi connectivity index (χ3v) is 2.75. The molecule has 1 aromatic heterocycles. The molecule has 15 heavy (non-hydrogen) atoms. The van der Waals surface area contributed by atoms with Crippen molar-refractivity contribution < 1.29 is 4.79 Å². The van der Waals surface area contributed by atoms with Crippen molar-refractivity contribution in [3.63, 3.8) is 0 Å². The van der Waals surface area contributed by atoms with Gasteiger partial charge in [0.05, 0.1) is 0 Å². The zero-order valence-electron chi connectivity index (χ0n) is 8.65. The molecule has 0 bridgehead atoms. The number of nitrogens with zero attached hydrogens (tertiary/aromatic N) is 2. The van der Waals surface area contributed by atoms with Crippen LogP contribution < -0.4 is 5.73 Å². The quantitative estimate of drug-likeness (QED) is 0.776. The first kappa shape index (κ1) is 10.1. The lowest BCUT2D eigenvalue weighted by atomic mass is 10.1. The average Bonchev–Trinajstić information content (AvgIpc) is 2.81.